The fraction of sp³-hybridized carbons (Fsp3) is 0.462. The number of rotatable bonds is 6. The molecule has 0 unspecified atom stereocenters. The van der Waals surface area contributed by atoms with E-state index in [0.29, 0.717) is 6.54 Å². The van der Waals surface area contributed by atoms with E-state index in [2.05, 4.69) is 4.74 Å². The number of anilines is 1. The molecule has 1 rings (SSSR count). The molecular formula is C13H17FN2O4. The maximum atomic E-state index is 13.7. The molecule has 1 aromatic carbocycles. The van der Waals surface area contributed by atoms with E-state index in [1.165, 1.54) is 0 Å². The highest BCUT2D eigenvalue weighted by Crippen LogP contribution is 2.31. The van der Waals surface area contributed by atoms with E-state index in [1.807, 2.05) is 6.92 Å². The second-order valence-corrected chi connectivity index (χ2v) is 4.34. The third-order valence-corrected chi connectivity index (χ3v) is 2.92. The average molecular weight is 284 g/mol. The Morgan fingerprint density at radius 3 is 2.65 bits per heavy atom. The van der Waals surface area contributed by atoms with Crippen LogP contribution in [0.25, 0.3) is 0 Å². The molecule has 0 saturated heterocycles. The van der Waals surface area contributed by atoms with Crippen molar-refractivity contribution in [2.24, 2.45) is 0 Å². The van der Waals surface area contributed by atoms with Crippen molar-refractivity contribution in [3.63, 3.8) is 0 Å². The monoisotopic (exact) mass is 284 g/mol. The van der Waals surface area contributed by atoms with Gasteiger partial charge in [0.15, 0.2) is 0 Å². The lowest BCUT2D eigenvalue weighted by atomic mass is 10.1. The summed E-state index contributed by atoms with van der Waals surface area (Å²) in [6.45, 7) is 2.57. The zero-order valence-corrected chi connectivity index (χ0v) is 11.7. The zero-order chi connectivity index (χ0) is 15.3. The minimum absolute atomic E-state index is 0.199. The molecule has 0 aliphatic carbocycles. The number of benzene rings is 1. The molecular weight excluding hydrogens is 267 g/mol. The van der Waals surface area contributed by atoms with Crippen molar-refractivity contribution < 1.29 is 18.8 Å². The zero-order valence-electron chi connectivity index (χ0n) is 11.7. The molecule has 0 bridgehead atoms. The minimum atomic E-state index is -0.962. The Morgan fingerprint density at radius 2 is 2.15 bits per heavy atom. The molecule has 110 valence electrons. The molecule has 0 spiro atoms. The van der Waals surface area contributed by atoms with E-state index in [9.17, 15) is 19.3 Å². The second kappa shape index (κ2) is 6.83. The van der Waals surface area contributed by atoms with Crippen LogP contribution in [0, 0.1) is 15.9 Å². The van der Waals surface area contributed by atoms with Gasteiger partial charge in [-0.25, -0.2) is 9.18 Å². The summed E-state index contributed by atoms with van der Waals surface area (Å²) in [5, 5.41) is 11.0. The molecule has 20 heavy (non-hydrogen) atoms. The van der Waals surface area contributed by atoms with E-state index >= 15 is 0 Å². The molecule has 7 heteroatoms. The van der Waals surface area contributed by atoms with Gasteiger partial charge >= 0.3 is 5.97 Å². The summed E-state index contributed by atoms with van der Waals surface area (Å²) in [5.74, 6) is -1.82. The van der Waals surface area contributed by atoms with E-state index in [4.69, 9.17) is 0 Å². The highest BCUT2D eigenvalue weighted by molar-refractivity contribution is 5.92. The van der Waals surface area contributed by atoms with Crippen molar-refractivity contribution in [3.8, 4) is 0 Å². The van der Waals surface area contributed by atoms with Crippen molar-refractivity contribution >= 4 is 17.3 Å². The van der Waals surface area contributed by atoms with Gasteiger partial charge in [0.25, 0.3) is 5.69 Å². The Balaban J connectivity index is 3.30. The second-order valence-electron chi connectivity index (χ2n) is 4.34. The number of nitro benzene ring substituents is 1. The molecule has 0 radical (unpaired) electrons. The van der Waals surface area contributed by atoms with Gasteiger partial charge in [-0.1, -0.05) is 13.3 Å². The van der Waals surface area contributed by atoms with Crippen LogP contribution in [0.1, 0.15) is 30.1 Å². The summed E-state index contributed by atoms with van der Waals surface area (Å²) < 4.78 is 18.2. The Hall–Kier alpha value is -2.18. The van der Waals surface area contributed by atoms with Gasteiger partial charge in [-0.15, -0.1) is 0 Å². The van der Waals surface area contributed by atoms with Crippen molar-refractivity contribution in [2.45, 2.75) is 19.8 Å². The molecule has 6 nitrogen and oxygen atoms in total. The Bertz CT molecular complexity index is 519. The normalized spacial score (nSPS) is 10.2. The number of hydrogen-bond donors (Lipinski definition) is 0. The van der Waals surface area contributed by atoms with Crippen molar-refractivity contribution in [2.75, 3.05) is 25.6 Å². The molecule has 1 aromatic rings. The maximum absolute atomic E-state index is 13.7. The predicted octanol–water partition coefficient (Wildman–Crippen LogP) is 2.76. The maximum Gasteiger partial charge on any atom is 0.340 e. The van der Waals surface area contributed by atoms with Crippen LogP contribution in [0.3, 0.4) is 0 Å². The van der Waals surface area contributed by atoms with Crippen LogP contribution in [0.4, 0.5) is 15.8 Å². The lowest BCUT2D eigenvalue weighted by Gasteiger charge is -2.19. The van der Waals surface area contributed by atoms with E-state index in [1.54, 1.807) is 11.9 Å². The van der Waals surface area contributed by atoms with Crippen molar-refractivity contribution in [3.05, 3.63) is 33.6 Å². The molecule has 0 aliphatic heterocycles. The molecule has 0 aromatic heterocycles. The summed E-state index contributed by atoms with van der Waals surface area (Å²) in [6, 6.07) is 1.92. The quantitative estimate of drug-likeness (QED) is 0.456. The van der Waals surface area contributed by atoms with Gasteiger partial charge in [0.2, 0.25) is 0 Å². The molecule has 0 fully saturated rings. The SMILES string of the molecule is CCCCN(C)c1cc(C(=O)OC)c(F)cc1[N+](=O)[O-]. The number of ether oxygens (including phenoxy) is 1. The number of hydrogen-bond acceptors (Lipinski definition) is 5. The van der Waals surface area contributed by atoms with Crippen LogP contribution < -0.4 is 4.90 Å². The summed E-state index contributed by atoms with van der Waals surface area (Å²) >= 11 is 0. The number of nitro groups is 1. The third kappa shape index (κ3) is 3.43. The highest BCUT2D eigenvalue weighted by Gasteiger charge is 2.24. The van der Waals surface area contributed by atoms with Crippen LogP contribution in [-0.4, -0.2) is 31.6 Å². The summed E-state index contributed by atoms with van der Waals surface area (Å²) in [4.78, 5) is 23.4. The number of nitrogens with zero attached hydrogens (tertiary/aromatic N) is 2. The minimum Gasteiger partial charge on any atom is -0.465 e. The van der Waals surface area contributed by atoms with Gasteiger partial charge in [0.1, 0.15) is 11.5 Å². The summed E-state index contributed by atoms with van der Waals surface area (Å²) in [6.07, 6.45) is 1.75. The predicted molar refractivity (Wildman–Crippen MR) is 72.6 cm³/mol. The van der Waals surface area contributed by atoms with Crippen LogP contribution in [0.5, 0.6) is 0 Å². The lowest BCUT2D eigenvalue weighted by Crippen LogP contribution is -2.20. The van der Waals surface area contributed by atoms with E-state index < -0.39 is 16.7 Å². The first-order chi connectivity index (χ1) is 9.42. The molecule has 0 N–H and O–H groups in total. The van der Waals surface area contributed by atoms with E-state index in [-0.39, 0.29) is 16.9 Å². The lowest BCUT2D eigenvalue weighted by molar-refractivity contribution is -0.384. The summed E-state index contributed by atoms with van der Waals surface area (Å²) in [5.41, 5.74) is -0.476. The average Bonchev–Trinajstić information content (AvgIpc) is 2.43. The van der Waals surface area contributed by atoms with Gasteiger partial charge in [0, 0.05) is 13.6 Å². The van der Waals surface area contributed by atoms with Crippen LogP contribution >= 0.6 is 0 Å². The Kier molecular flexibility index (Phi) is 5.42. The molecule has 0 aliphatic rings. The van der Waals surface area contributed by atoms with Crippen LogP contribution in [0.2, 0.25) is 0 Å². The topological polar surface area (TPSA) is 72.7 Å². The van der Waals surface area contributed by atoms with E-state index in [0.717, 1.165) is 32.1 Å². The number of unbranched alkanes of at least 4 members (excludes halogenated alkanes) is 1. The van der Waals surface area contributed by atoms with Crippen LogP contribution in [-0.2, 0) is 4.74 Å². The van der Waals surface area contributed by atoms with Crippen molar-refractivity contribution in [1.82, 2.24) is 0 Å². The number of methoxy groups -OCH3 is 1. The smallest absolute Gasteiger partial charge is 0.340 e. The largest absolute Gasteiger partial charge is 0.465 e. The van der Waals surface area contributed by atoms with Gasteiger partial charge in [0.05, 0.1) is 23.7 Å². The third-order valence-electron chi connectivity index (χ3n) is 2.92. The molecule has 0 heterocycles. The van der Waals surface area contributed by atoms with Gasteiger partial charge < -0.3 is 9.64 Å². The number of carbonyl (C=O) groups excluding carboxylic acids is 1. The van der Waals surface area contributed by atoms with Crippen LogP contribution in [0.15, 0.2) is 12.1 Å². The molecule has 0 amide bonds. The standard InChI is InChI=1S/C13H17FN2O4/c1-4-5-6-15(2)11-7-9(13(17)20-3)10(14)8-12(11)16(18)19/h7-8H,4-6H2,1-3H3. The molecule has 0 saturated carbocycles. The van der Waals surface area contributed by atoms with Crippen molar-refractivity contribution in [1.29, 1.82) is 0 Å². The number of esters is 1. The number of carbonyl (C=O) groups is 1. The van der Waals surface area contributed by atoms with Gasteiger partial charge in [-0.2, -0.15) is 0 Å². The Morgan fingerprint density at radius 1 is 1.50 bits per heavy atom. The molecule has 0 atom stereocenters. The first-order valence-corrected chi connectivity index (χ1v) is 6.19. The number of halogens is 1. The first kappa shape index (κ1) is 15.9. The van der Waals surface area contributed by atoms with Gasteiger partial charge in [-0.3, -0.25) is 10.1 Å². The fourth-order valence-corrected chi connectivity index (χ4v) is 1.79. The first-order valence-electron chi connectivity index (χ1n) is 6.19. The summed E-state index contributed by atoms with van der Waals surface area (Å²) in [7, 11) is 2.79. The highest BCUT2D eigenvalue weighted by atomic mass is 19.1. The fourth-order valence-electron chi connectivity index (χ4n) is 1.79. The van der Waals surface area contributed by atoms with Gasteiger partial charge in [-0.05, 0) is 12.5 Å². The Labute approximate surface area is 116 Å².